The smallest absolute Gasteiger partial charge is 0.328 e. The maximum absolute atomic E-state index is 13.3. The second kappa shape index (κ2) is 6.50. The maximum Gasteiger partial charge on any atom is 0.399 e. The predicted octanol–water partition coefficient (Wildman–Crippen LogP) is 4.56. The van der Waals surface area contributed by atoms with Crippen molar-refractivity contribution in [3.63, 3.8) is 0 Å². The van der Waals surface area contributed by atoms with Crippen LogP contribution >= 0.6 is 0 Å². The Balaban J connectivity index is 2.18. The SMILES string of the molecule is [C-]#[N+]C1CCC(C2CCC(N)CC2C(F)(F)F)CC1C(F)(F)F. The lowest BCUT2D eigenvalue weighted by Crippen LogP contribution is -2.46. The van der Waals surface area contributed by atoms with E-state index in [-0.39, 0.29) is 32.1 Å². The predicted molar refractivity (Wildman–Crippen MR) is 72.1 cm³/mol. The van der Waals surface area contributed by atoms with Crippen LogP contribution in [0.4, 0.5) is 26.3 Å². The molecule has 2 rings (SSSR count). The number of hydrogen-bond donors (Lipinski definition) is 1. The Morgan fingerprint density at radius 3 is 1.96 bits per heavy atom. The molecule has 2 aliphatic carbocycles. The summed E-state index contributed by atoms with van der Waals surface area (Å²) in [4.78, 5) is 3.04. The molecule has 0 spiro atoms. The molecule has 132 valence electrons. The largest absolute Gasteiger partial charge is 0.399 e. The molecule has 0 amide bonds. The van der Waals surface area contributed by atoms with Crippen LogP contribution < -0.4 is 5.73 Å². The molecule has 2 nitrogen and oxygen atoms in total. The molecule has 0 aromatic rings. The molecule has 0 saturated heterocycles. The topological polar surface area (TPSA) is 30.4 Å². The number of nitrogens with two attached hydrogens (primary N) is 1. The van der Waals surface area contributed by atoms with Crippen LogP contribution in [-0.2, 0) is 0 Å². The Morgan fingerprint density at radius 2 is 1.43 bits per heavy atom. The minimum Gasteiger partial charge on any atom is -0.328 e. The lowest BCUT2D eigenvalue weighted by Gasteiger charge is -2.43. The van der Waals surface area contributed by atoms with Crippen molar-refractivity contribution < 1.29 is 26.3 Å². The van der Waals surface area contributed by atoms with Crippen molar-refractivity contribution in [1.29, 1.82) is 0 Å². The van der Waals surface area contributed by atoms with Crippen LogP contribution in [-0.4, -0.2) is 24.4 Å². The van der Waals surface area contributed by atoms with Gasteiger partial charge in [-0.2, -0.15) is 26.3 Å². The Kier molecular flexibility index (Phi) is 5.19. The fourth-order valence-corrected chi connectivity index (χ4v) is 4.25. The lowest BCUT2D eigenvalue weighted by atomic mass is 9.64. The molecule has 8 heteroatoms. The van der Waals surface area contributed by atoms with Gasteiger partial charge in [-0.1, -0.05) is 0 Å². The summed E-state index contributed by atoms with van der Waals surface area (Å²) >= 11 is 0. The third kappa shape index (κ3) is 4.11. The molecule has 0 aromatic carbocycles. The van der Waals surface area contributed by atoms with Crippen molar-refractivity contribution in [3.05, 3.63) is 11.4 Å². The molecule has 6 atom stereocenters. The van der Waals surface area contributed by atoms with Gasteiger partial charge in [0.1, 0.15) is 5.92 Å². The molecule has 23 heavy (non-hydrogen) atoms. The maximum atomic E-state index is 13.3. The van der Waals surface area contributed by atoms with Gasteiger partial charge in [0.15, 0.2) is 0 Å². The zero-order valence-corrected chi connectivity index (χ0v) is 12.5. The highest BCUT2D eigenvalue weighted by Crippen LogP contribution is 2.51. The average Bonchev–Trinajstić information content (AvgIpc) is 2.44. The van der Waals surface area contributed by atoms with Crippen LogP contribution in [0.25, 0.3) is 4.85 Å². The quantitative estimate of drug-likeness (QED) is 0.550. The molecule has 2 aliphatic rings. The van der Waals surface area contributed by atoms with Gasteiger partial charge in [0.05, 0.1) is 5.92 Å². The van der Waals surface area contributed by atoms with Gasteiger partial charge in [0.25, 0.3) is 0 Å². The van der Waals surface area contributed by atoms with Gasteiger partial charge < -0.3 is 10.6 Å². The molecule has 0 bridgehead atoms. The Bertz CT molecular complexity index is 452. The molecule has 0 aromatic heterocycles. The van der Waals surface area contributed by atoms with E-state index in [1.165, 1.54) is 0 Å². The van der Waals surface area contributed by atoms with E-state index < -0.39 is 48.1 Å². The summed E-state index contributed by atoms with van der Waals surface area (Å²) in [6.07, 6.45) is -8.66. The zero-order valence-electron chi connectivity index (χ0n) is 12.5. The number of rotatable bonds is 1. The fourth-order valence-electron chi connectivity index (χ4n) is 4.25. The highest BCUT2D eigenvalue weighted by atomic mass is 19.4. The van der Waals surface area contributed by atoms with Crippen LogP contribution in [0.1, 0.15) is 38.5 Å². The van der Waals surface area contributed by atoms with Crippen LogP contribution in [0.3, 0.4) is 0 Å². The first-order chi connectivity index (χ1) is 10.5. The Morgan fingerprint density at radius 1 is 0.826 bits per heavy atom. The van der Waals surface area contributed by atoms with Crippen molar-refractivity contribution in [2.75, 3.05) is 0 Å². The monoisotopic (exact) mass is 342 g/mol. The van der Waals surface area contributed by atoms with Crippen LogP contribution in [0.15, 0.2) is 0 Å². The first-order valence-electron chi connectivity index (χ1n) is 7.79. The molecule has 0 heterocycles. The van der Waals surface area contributed by atoms with Gasteiger partial charge in [-0.05, 0) is 43.9 Å². The van der Waals surface area contributed by atoms with Crippen molar-refractivity contribution >= 4 is 0 Å². The first-order valence-corrected chi connectivity index (χ1v) is 7.79. The van der Waals surface area contributed by atoms with Crippen LogP contribution in [0.5, 0.6) is 0 Å². The van der Waals surface area contributed by atoms with E-state index in [1.807, 2.05) is 0 Å². The number of alkyl halides is 6. The standard InChI is InChI=1S/C15H20F6N2/c1-23-13-5-2-8(6-12(13)15(19,20)21)10-4-3-9(22)7-11(10)14(16,17)18/h8-13H,2-7,22H2. The van der Waals surface area contributed by atoms with Crippen LogP contribution in [0, 0.1) is 30.2 Å². The first kappa shape index (κ1) is 18.4. The molecule has 6 unspecified atom stereocenters. The van der Waals surface area contributed by atoms with Gasteiger partial charge in [0.2, 0.25) is 6.04 Å². The van der Waals surface area contributed by atoms with E-state index in [9.17, 15) is 26.3 Å². The summed E-state index contributed by atoms with van der Waals surface area (Å²) in [6.45, 7) is 6.91. The molecule has 2 saturated carbocycles. The molecule has 0 radical (unpaired) electrons. The molecular weight excluding hydrogens is 322 g/mol. The molecule has 2 fully saturated rings. The summed E-state index contributed by atoms with van der Waals surface area (Å²) in [5, 5.41) is 0. The second-order valence-corrected chi connectivity index (χ2v) is 6.80. The lowest BCUT2D eigenvalue weighted by molar-refractivity contribution is -0.214. The van der Waals surface area contributed by atoms with Gasteiger partial charge in [-0.15, -0.1) is 0 Å². The van der Waals surface area contributed by atoms with E-state index in [0.29, 0.717) is 6.42 Å². The molecule has 2 N–H and O–H groups in total. The zero-order chi connectivity index (χ0) is 17.4. The minimum atomic E-state index is -4.54. The van der Waals surface area contributed by atoms with Gasteiger partial charge >= 0.3 is 12.4 Å². The van der Waals surface area contributed by atoms with Gasteiger partial charge in [-0.25, -0.2) is 6.57 Å². The van der Waals surface area contributed by atoms with Crippen molar-refractivity contribution in [2.24, 2.45) is 29.4 Å². The van der Waals surface area contributed by atoms with E-state index in [4.69, 9.17) is 12.3 Å². The normalized spacial score (nSPS) is 39.7. The summed E-state index contributed by atoms with van der Waals surface area (Å²) in [7, 11) is 0. The van der Waals surface area contributed by atoms with E-state index in [0.717, 1.165) is 0 Å². The molecular formula is C15H20F6N2. The van der Waals surface area contributed by atoms with E-state index >= 15 is 0 Å². The second-order valence-electron chi connectivity index (χ2n) is 6.80. The average molecular weight is 342 g/mol. The molecule has 0 aliphatic heterocycles. The third-order valence-electron chi connectivity index (χ3n) is 5.41. The third-order valence-corrected chi connectivity index (χ3v) is 5.41. The summed E-state index contributed by atoms with van der Waals surface area (Å²) in [6, 6.07) is -1.71. The minimum absolute atomic E-state index is 0.0193. The Labute approximate surface area is 131 Å². The Hall–Kier alpha value is -0.970. The number of halogens is 6. The summed E-state index contributed by atoms with van der Waals surface area (Å²) in [5.41, 5.74) is 5.63. The van der Waals surface area contributed by atoms with Crippen molar-refractivity contribution in [2.45, 2.75) is 63.0 Å². The number of nitrogens with zero attached hydrogens (tertiary/aromatic N) is 1. The highest BCUT2D eigenvalue weighted by molar-refractivity contribution is 4.98. The van der Waals surface area contributed by atoms with Crippen molar-refractivity contribution in [3.8, 4) is 0 Å². The summed E-state index contributed by atoms with van der Waals surface area (Å²) in [5.74, 6) is -4.90. The van der Waals surface area contributed by atoms with Crippen molar-refractivity contribution in [1.82, 2.24) is 0 Å². The van der Waals surface area contributed by atoms with E-state index in [1.54, 1.807) is 0 Å². The number of hydrogen-bond acceptors (Lipinski definition) is 1. The van der Waals surface area contributed by atoms with Gasteiger partial charge in [-0.3, -0.25) is 0 Å². The summed E-state index contributed by atoms with van der Waals surface area (Å²) < 4.78 is 79.2. The van der Waals surface area contributed by atoms with E-state index in [2.05, 4.69) is 4.85 Å². The fraction of sp³-hybridized carbons (Fsp3) is 0.933. The van der Waals surface area contributed by atoms with Crippen LogP contribution in [0.2, 0.25) is 0 Å². The highest BCUT2D eigenvalue weighted by Gasteiger charge is 2.55. The van der Waals surface area contributed by atoms with Gasteiger partial charge in [0, 0.05) is 12.5 Å².